The van der Waals surface area contributed by atoms with Crippen LogP contribution < -0.4 is 15.0 Å². The van der Waals surface area contributed by atoms with Gasteiger partial charge < -0.3 is 15.0 Å². The number of piperidine rings is 1. The average Bonchev–Trinajstić information content (AvgIpc) is 2.77. The zero-order valence-electron chi connectivity index (χ0n) is 17.9. The van der Waals surface area contributed by atoms with Gasteiger partial charge in [0.1, 0.15) is 11.9 Å². The molecule has 0 bridgehead atoms. The lowest BCUT2D eigenvalue weighted by molar-refractivity contribution is -0.126. The van der Waals surface area contributed by atoms with Crippen LogP contribution in [0.1, 0.15) is 30.9 Å². The molecule has 2 aromatic rings. The lowest BCUT2D eigenvalue weighted by Crippen LogP contribution is -2.52. The summed E-state index contributed by atoms with van der Waals surface area (Å²) >= 11 is 3.52. The lowest BCUT2D eigenvalue weighted by atomic mass is 9.96. The number of rotatable bonds is 3. The van der Waals surface area contributed by atoms with Crippen molar-refractivity contribution in [1.29, 1.82) is 0 Å². The van der Waals surface area contributed by atoms with Gasteiger partial charge in [-0.15, -0.1) is 0 Å². The normalized spacial score (nSPS) is 18.9. The first-order valence-electron chi connectivity index (χ1n) is 10.8. The van der Waals surface area contributed by atoms with Crippen molar-refractivity contribution in [3.05, 3.63) is 58.1 Å². The third kappa shape index (κ3) is 4.87. The molecule has 0 saturated carbocycles. The molecule has 2 heterocycles. The van der Waals surface area contributed by atoms with E-state index in [9.17, 15) is 9.59 Å². The standard InChI is InChI=1S/C24H28BrN3O3/c1-16-7-8-22-21(13-16)28(15-17(2)31-22)24(30)27-11-9-18(10-12-27)23(29)26-14-19-5-3-4-6-20(19)25/h3-8,13,17-18H,9-12,14-15H2,1-2H3,(H,26,29)/t17-/m0/s1. The largest absolute Gasteiger partial charge is 0.487 e. The Morgan fingerprint density at radius 3 is 2.65 bits per heavy atom. The molecule has 2 aliphatic heterocycles. The van der Waals surface area contributed by atoms with E-state index in [1.807, 2.05) is 66.1 Å². The number of ether oxygens (including phenoxy) is 1. The Balaban J connectivity index is 1.35. The molecular formula is C24H28BrN3O3. The Morgan fingerprint density at radius 1 is 1.16 bits per heavy atom. The number of benzene rings is 2. The second-order valence-electron chi connectivity index (χ2n) is 8.36. The molecule has 2 aliphatic rings. The number of nitrogens with zero attached hydrogens (tertiary/aromatic N) is 2. The van der Waals surface area contributed by atoms with Gasteiger partial charge in [0.05, 0.1) is 12.2 Å². The molecule has 0 aliphatic carbocycles. The van der Waals surface area contributed by atoms with Crippen molar-refractivity contribution in [2.75, 3.05) is 24.5 Å². The highest BCUT2D eigenvalue weighted by Crippen LogP contribution is 2.35. The van der Waals surface area contributed by atoms with Crippen molar-refractivity contribution in [2.24, 2.45) is 5.92 Å². The van der Waals surface area contributed by atoms with Crippen LogP contribution in [-0.2, 0) is 11.3 Å². The third-order valence-corrected chi connectivity index (χ3v) is 6.72. The SMILES string of the molecule is Cc1ccc2c(c1)N(C(=O)N1CCC(C(=O)NCc3ccccc3Br)CC1)C[C@H](C)O2. The summed E-state index contributed by atoms with van der Waals surface area (Å²) in [6.45, 7) is 6.18. The van der Waals surface area contributed by atoms with Crippen LogP contribution in [0.3, 0.4) is 0 Å². The second kappa shape index (κ2) is 9.30. The monoisotopic (exact) mass is 485 g/mol. The molecule has 0 radical (unpaired) electrons. The highest BCUT2D eigenvalue weighted by Gasteiger charge is 2.34. The highest BCUT2D eigenvalue weighted by atomic mass is 79.9. The van der Waals surface area contributed by atoms with Crippen molar-refractivity contribution in [3.63, 3.8) is 0 Å². The first kappa shape index (κ1) is 21.7. The molecule has 31 heavy (non-hydrogen) atoms. The van der Waals surface area contributed by atoms with Crippen molar-refractivity contribution >= 4 is 33.6 Å². The smallest absolute Gasteiger partial charge is 0.324 e. The Hall–Kier alpha value is -2.54. The first-order chi connectivity index (χ1) is 14.9. The molecule has 2 aromatic carbocycles. The van der Waals surface area contributed by atoms with Gasteiger partial charge in [-0.1, -0.05) is 40.2 Å². The van der Waals surface area contributed by atoms with E-state index in [0.29, 0.717) is 39.0 Å². The van der Waals surface area contributed by atoms with E-state index >= 15 is 0 Å². The molecule has 0 aromatic heterocycles. The van der Waals surface area contributed by atoms with Gasteiger partial charge in [0.25, 0.3) is 0 Å². The van der Waals surface area contributed by atoms with Crippen molar-refractivity contribution in [3.8, 4) is 5.75 Å². The number of hydrogen-bond acceptors (Lipinski definition) is 3. The average molecular weight is 486 g/mol. The fraction of sp³-hybridized carbons (Fsp3) is 0.417. The highest BCUT2D eigenvalue weighted by molar-refractivity contribution is 9.10. The summed E-state index contributed by atoms with van der Waals surface area (Å²) in [7, 11) is 0. The number of hydrogen-bond donors (Lipinski definition) is 1. The molecule has 164 valence electrons. The lowest BCUT2D eigenvalue weighted by Gasteiger charge is -2.39. The van der Waals surface area contributed by atoms with E-state index in [4.69, 9.17) is 4.74 Å². The molecule has 3 amide bonds. The summed E-state index contributed by atoms with van der Waals surface area (Å²) in [6.07, 6.45) is 1.29. The van der Waals surface area contributed by atoms with Crippen LogP contribution in [0.15, 0.2) is 46.9 Å². The summed E-state index contributed by atoms with van der Waals surface area (Å²) in [5.41, 5.74) is 2.98. The molecule has 7 heteroatoms. The van der Waals surface area contributed by atoms with E-state index in [0.717, 1.165) is 27.0 Å². The Labute approximate surface area is 191 Å². The molecule has 1 fully saturated rings. The number of aryl methyl sites for hydroxylation is 1. The number of halogens is 1. The summed E-state index contributed by atoms with van der Waals surface area (Å²) in [5, 5.41) is 3.04. The number of carbonyl (C=O) groups excluding carboxylic acids is 2. The quantitative estimate of drug-likeness (QED) is 0.696. The van der Waals surface area contributed by atoms with Crippen LogP contribution in [0.5, 0.6) is 5.75 Å². The molecule has 1 atom stereocenters. The minimum absolute atomic E-state index is 0.00549. The number of amides is 3. The Kier molecular flexibility index (Phi) is 6.51. The van der Waals surface area contributed by atoms with E-state index < -0.39 is 0 Å². The van der Waals surface area contributed by atoms with Gasteiger partial charge in [0, 0.05) is 30.0 Å². The zero-order valence-corrected chi connectivity index (χ0v) is 19.5. The minimum atomic E-state index is -0.0651. The van der Waals surface area contributed by atoms with Crippen molar-refractivity contribution < 1.29 is 14.3 Å². The van der Waals surface area contributed by atoms with E-state index in [-0.39, 0.29) is 24.0 Å². The fourth-order valence-electron chi connectivity index (χ4n) is 4.20. The van der Waals surface area contributed by atoms with Crippen LogP contribution in [0.25, 0.3) is 0 Å². The number of likely N-dealkylation sites (tertiary alicyclic amines) is 1. The van der Waals surface area contributed by atoms with Crippen LogP contribution in [0, 0.1) is 12.8 Å². The van der Waals surface area contributed by atoms with Gasteiger partial charge in [0.15, 0.2) is 0 Å². The number of fused-ring (bicyclic) bond motifs is 1. The summed E-state index contributed by atoms with van der Waals surface area (Å²) in [5.74, 6) is 0.743. The molecule has 0 unspecified atom stereocenters. The zero-order chi connectivity index (χ0) is 22.0. The minimum Gasteiger partial charge on any atom is -0.487 e. The third-order valence-electron chi connectivity index (χ3n) is 5.95. The molecule has 6 nitrogen and oxygen atoms in total. The predicted octanol–water partition coefficient (Wildman–Crippen LogP) is 4.49. The maximum atomic E-state index is 13.3. The van der Waals surface area contributed by atoms with Crippen LogP contribution in [0.2, 0.25) is 0 Å². The fourth-order valence-corrected chi connectivity index (χ4v) is 4.63. The molecule has 1 N–H and O–H groups in total. The summed E-state index contributed by atoms with van der Waals surface area (Å²) in [6, 6.07) is 13.8. The molecule has 0 spiro atoms. The van der Waals surface area contributed by atoms with Gasteiger partial charge in [-0.05, 0) is 56.0 Å². The number of anilines is 1. The van der Waals surface area contributed by atoms with Gasteiger partial charge in [0.2, 0.25) is 5.91 Å². The van der Waals surface area contributed by atoms with Crippen LogP contribution in [0.4, 0.5) is 10.5 Å². The maximum absolute atomic E-state index is 13.3. The van der Waals surface area contributed by atoms with Gasteiger partial charge in [-0.25, -0.2) is 4.79 Å². The number of nitrogens with one attached hydrogen (secondary N) is 1. The topological polar surface area (TPSA) is 61.9 Å². The predicted molar refractivity (Wildman–Crippen MR) is 124 cm³/mol. The van der Waals surface area contributed by atoms with Crippen LogP contribution >= 0.6 is 15.9 Å². The summed E-state index contributed by atoms with van der Waals surface area (Å²) < 4.78 is 6.90. The van der Waals surface area contributed by atoms with Gasteiger partial charge in [-0.3, -0.25) is 9.69 Å². The first-order valence-corrected chi connectivity index (χ1v) is 11.6. The van der Waals surface area contributed by atoms with Gasteiger partial charge >= 0.3 is 6.03 Å². The van der Waals surface area contributed by atoms with Gasteiger partial charge in [-0.2, -0.15) is 0 Å². The molecule has 1 saturated heterocycles. The molecular weight excluding hydrogens is 458 g/mol. The van der Waals surface area contributed by atoms with Crippen molar-refractivity contribution in [2.45, 2.75) is 39.3 Å². The summed E-state index contributed by atoms with van der Waals surface area (Å²) in [4.78, 5) is 29.6. The number of urea groups is 1. The molecule has 4 rings (SSSR count). The number of carbonyl (C=O) groups is 2. The maximum Gasteiger partial charge on any atom is 0.324 e. The Morgan fingerprint density at radius 2 is 1.90 bits per heavy atom. The van der Waals surface area contributed by atoms with E-state index in [2.05, 4.69) is 21.2 Å². The van der Waals surface area contributed by atoms with E-state index in [1.54, 1.807) is 0 Å². The second-order valence-corrected chi connectivity index (χ2v) is 9.22. The van der Waals surface area contributed by atoms with Crippen LogP contribution in [-0.4, -0.2) is 42.6 Å². The Bertz CT molecular complexity index is 972. The van der Waals surface area contributed by atoms with E-state index in [1.165, 1.54) is 0 Å². The van der Waals surface area contributed by atoms with Crippen molar-refractivity contribution in [1.82, 2.24) is 10.2 Å².